The van der Waals surface area contributed by atoms with Gasteiger partial charge in [-0.05, 0) is 48.4 Å². The molecule has 0 aliphatic heterocycles. The molecule has 0 amide bonds. The second-order valence-electron chi connectivity index (χ2n) is 4.57. The first-order valence-electron chi connectivity index (χ1n) is 6.57. The number of hydrogen-bond donors (Lipinski definition) is 1. The first-order chi connectivity index (χ1) is 9.63. The van der Waals surface area contributed by atoms with Gasteiger partial charge in [0, 0.05) is 6.54 Å². The van der Waals surface area contributed by atoms with Crippen molar-refractivity contribution in [3.63, 3.8) is 0 Å². The van der Waals surface area contributed by atoms with Crippen LogP contribution in [0.5, 0.6) is 0 Å². The van der Waals surface area contributed by atoms with Crippen molar-refractivity contribution < 1.29 is 13.2 Å². The van der Waals surface area contributed by atoms with Crippen LogP contribution in [0.4, 0.5) is 13.2 Å². The van der Waals surface area contributed by atoms with E-state index in [1.54, 1.807) is 0 Å². The van der Waals surface area contributed by atoms with Gasteiger partial charge in [0.1, 0.15) is 17.5 Å². The van der Waals surface area contributed by atoms with Crippen molar-refractivity contribution in [3.8, 4) is 11.1 Å². The molecule has 0 aromatic heterocycles. The van der Waals surface area contributed by atoms with Gasteiger partial charge in [-0.1, -0.05) is 19.1 Å². The third-order valence-electron chi connectivity index (χ3n) is 3.04. The van der Waals surface area contributed by atoms with Crippen LogP contribution in [0.1, 0.15) is 18.9 Å². The molecule has 2 aromatic carbocycles. The highest BCUT2D eigenvalue weighted by molar-refractivity contribution is 5.68. The van der Waals surface area contributed by atoms with E-state index >= 15 is 0 Å². The predicted octanol–water partition coefficient (Wildman–Crippen LogP) is 4.27. The highest BCUT2D eigenvalue weighted by atomic mass is 19.1. The topological polar surface area (TPSA) is 12.0 Å². The van der Waals surface area contributed by atoms with E-state index < -0.39 is 17.5 Å². The molecule has 1 N–H and O–H groups in total. The lowest BCUT2D eigenvalue weighted by molar-refractivity contribution is 0.587. The molecular formula is C16H16F3N. The summed E-state index contributed by atoms with van der Waals surface area (Å²) >= 11 is 0. The summed E-state index contributed by atoms with van der Waals surface area (Å²) in [6.07, 6.45) is 0.929. The van der Waals surface area contributed by atoms with Crippen LogP contribution in [0.2, 0.25) is 0 Å². The van der Waals surface area contributed by atoms with Crippen molar-refractivity contribution in [2.24, 2.45) is 0 Å². The van der Waals surface area contributed by atoms with Gasteiger partial charge in [0.05, 0.1) is 5.56 Å². The monoisotopic (exact) mass is 279 g/mol. The zero-order chi connectivity index (χ0) is 14.5. The Kier molecular flexibility index (Phi) is 4.79. The molecule has 0 aliphatic carbocycles. The SMILES string of the molecule is CCCNCc1cc(F)ccc1-c1c(F)cccc1F. The molecule has 0 fully saturated rings. The molecule has 0 saturated heterocycles. The van der Waals surface area contributed by atoms with Gasteiger partial charge < -0.3 is 5.32 Å². The Bertz CT molecular complexity index is 576. The first-order valence-corrected chi connectivity index (χ1v) is 6.57. The van der Waals surface area contributed by atoms with E-state index in [-0.39, 0.29) is 5.56 Å². The Morgan fingerprint density at radius 2 is 1.70 bits per heavy atom. The number of rotatable bonds is 5. The Balaban J connectivity index is 2.45. The third kappa shape index (κ3) is 3.20. The van der Waals surface area contributed by atoms with Crippen LogP contribution in [0, 0.1) is 17.5 Å². The summed E-state index contributed by atoms with van der Waals surface area (Å²) in [5.74, 6) is -1.71. The van der Waals surface area contributed by atoms with E-state index in [1.807, 2.05) is 6.92 Å². The Morgan fingerprint density at radius 3 is 2.35 bits per heavy atom. The van der Waals surface area contributed by atoms with Crippen molar-refractivity contribution in [1.29, 1.82) is 0 Å². The maximum absolute atomic E-state index is 13.9. The first kappa shape index (κ1) is 14.6. The van der Waals surface area contributed by atoms with E-state index in [2.05, 4.69) is 5.32 Å². The minimum atomic E-state index is -0.645. The summed E-state index contributed by atoms with van der Waals surface area (Å²) in [6.45, 7) is 3.14. The van der Waals surface area contributed by atoms with Crippen LogP contribution < -0.4 is 5.32 Å². The Hall–Kier alpha value is -1.81. The second-order valence-corrected chi connectivity index (χ2v) is 4.57. The molecule has 0 spiro atoms. The van der Waals surface area contributed by atoms with Crippen LogP contribution in [-0.4, -0.2) is 6.54 Å². The average molecular weight is 279 g/mol. The molecule has 0 aliphatic rings. The second kappa shape index (κ2) is 6.57. The van der Waals surface area contributed by atoms with Gasteiger partial charge in [-0.2, -0.15) is 0 Å². The molecule has 0 heterocycles. The molecule has 20 heavy (non-hydrogen) atoms. The summed E-state index contributed by atoms with van der Waals surface area (Å²) in [5.41, 5.74) is 0.814. The van der Waals surface area contributed by atoms with E-state index in [1.165, 1.54) is 36.4 Å². The van der Waals surface area contributed by atoms with Crippen molar-refractivity contribution in [3.05, 3.63) is 59.4 Å². The maximum atomic E-state index is 13.9. The van der Waals surface area contributed by atoms with Gasteiger partial charge in [0.2, 0.25) is 0 Å². The fourth-order valence-electron chi connectivity index (χ4n) is 2.11. The summed E-state index contributed by atoms with van der Waals surface area (Å²) in [5, 5.41) is 3.12. The molecule has 4 heteroatoms. The van der Waals surface area contributed by atoms with E-state index in [9.17, 15) is 13.2 Å². The van der Waals surface area contributed by atoms with E-state index in [0.29, 0.717) is 17.7 Å². The zero-order valence-corrected chi connectivity index (χ0v) is 11.2. The Labute approximate surface area is 116 Å². The molecule has 0 unspecified atom stereocenters. The quantitative estimate of drug-likeness (QED) is 0.806. The normalized spacial score (nSPS) is 10.8. The fourth-order valence-corrected chi connectivity index (χ4v) is 2.11. The van der Waals surface area contributed by atoms with Crippen molar-refractivity contribution in [2.75, 3.05) is 6.54 Å². The van der Waals surface area contributed by atoms with Gasteiger partial charge >= 0.3 is 0 Å². The highest BCUT2D eigenvalue weighted by Gasteiger charge is 2.15. The summed E-state index contributed by atoms with van der Waals surface area (Å²) in [6, 6.07) is 7.65. The lowest BCUT2D eigenvalue weighted by Gasteiger charge is -2.12. The number of nitrogens with one attached hydrogen (secondary N) is 1. The lowest BCUT2D eigenvalue weighted by atomic mass is 9.98. The third-order valence-corrected chi connectivity index (χ3v) is 3.04. The van der Waals surface area contributed by atoms with Crippen LogP contribution >= 0.6 is 0 Å². The Morgan fingerprint density at radius 1 is 1.00 bits per heavy atom. The number of benzene rings is 2. The maximum Gasteiger partial charge on any atom is 0.133 e. The van der Waals surface area contributed by atoms with Crippen LogP contribution in [-0.2, 0) is 6.54 Å². The summed E-state index contributed by atoms with van der Waals surface area (Å²) in [4.78, 5) is 0. The number of halogens is 3. The zero-order valence-electron chi connectivity index (χ0n) is 11.2. The standard InChI is InChI=1S/C16H16F3N/c1-2-8-20-10-11-9-12(17)6-7-13(11)16-14(18)4-3-5-15(16)19/h3-7,9,20H,2,8,10H2,1H3. The van der Waals surface area contributed by atoms with Gasteiger partial charge in [0.15, 0.2) is 0 Å². The van der Waals surface area contributed by atoms with E-state index in [0.717, 1.165) is 13.0 Å². The van der Waals surface area contributed by atoms with E-state index in [4.69, 9.17) is 0 Å². The summed E-state index contributed by atoms with van der Waals surface area (Å²) < 4.78 is 41.1. The molecule has 0 atom stereocenters. The van der Waals surface area contributed by atoms with Crippen LogP contribution in [0.25, 0.3) is 11.1 Å². The average Bonchev–Trinajstić information content (AvgIpc) is 2.41. The number of hydrogen-bond acceptors (Lipinski definition) is 1. The van der Waals surface area contributed by atoms with Gasteiger partial charge in [-0.3, -0.25) is 0 Å². The molecule has 0 bridgehead atoms. The predicted molar refractivity (Wildman–Crippen MR) is 73.7 cm³/mol. The van der Waals surface area contributed by atoms with Crippen molar-refractivity contribution in [2.45, 2.75) is 19.9 Å². The lowest BCUT2D eigenvalue weighted by Crippen LogP contribution is -2.15. The molecule has 106 valence electrons. The highest BCUT2D eigenvalue weighted by Crippen LogP contribution is 2.29. The van der Waals surface area contributed by atoms with Gasteiger partial charge in [-0.25, -0.2) is 13.2 Å². The molecule has 2 aromatic rings. The molecule has 2 rings (SSSR count). The fraction of sp³-hybridized carbons (Fsp3) is 0.250. The molecule has 0 saturated carbocycles. The van der Waals surface area contributed by atoms with Crippen LogP contribution in [0.15, 0.2) is 36.4 Å². The van der Waals surface area contributed by atoms with Gasteiger partial charge in [-0.15, -0.1) is 0 Å². The smallest absolute Gasteiger partial charge is 0.133 e. The minimum Gasteiger partial charge on any atom is -0.313 e. The minimum absolute atomic E-state index is 0.110. The van der Waals surface area contributed by atoms with Crippen molar-refractivity contribution >= 4 is 0 Å². The largest absolute Gasteiger partial charge is 0.313 e. The molecular weight excluding hydrogens is 263 g/mol. The molecule has 1 nitrogen and oxygen atoms in total. The van der Waals surface area contributed by atoms with Crippen LogP contribution in [0.3, 0.4) is 0 Å². The molecule has 0 radical (unpaired) electrons. The van der Waals surface area contributed by atoms with Crippen molar-refractivity contribution in [1.82, 2.24) is 5.32 Å². The van der Waals surface area contributed by atoms with Gasteiger partial charge in [0.25, 0.3) is 0 Å². The summed E-state index contributed by atoms with van der Waals surface area (Å²) in [7, 11) is 0.